The lowest BCUT2D eigenvalue weighted by atomic mass is 9.71. The third kappa shape index (κ3) is 3.27. The fraction of sp³-hybridized carbons (Fsp3) is 0.304. The highest BCUT2D eigenvalue weighted by Gasteiger charge is 2.40. The molecule has 1 aliphatic heterocycles. The van der Waals surface area contributed by atoms with Crippen LogP contribution in [0.5, 0.6) is 0 Å². The maximum atomic E-state index is 13.0. The summed E-state index contributed by atoms with van der Waals surface area (Å²) in [6.45, 7) is 1.54. The van der Waals surface area contributed by atoms with Crippen LogP contribution in [0.1, 0.15) is 55.3 Å². The van der Waals surface area contributed by atoms with Gasteiger partial charge in [0.05, 0.1) is 18.0 Å². The third-order valence-electron chi connectivity index (χ3n) is 5.76. The summed E-state index contributed by atoms with van der Waals surface area (Å²) < 4.78 is 0. The summed E-state index contributed by atoms with van der Waals surface area (Å²) >= 11 is 0. The van der Waals surface area contributed by atoms with Crippen LogP contribution in [0, 0.1) is 0 Å². The highest BCUT2D eigenvalue weighted by Crippen LogP contribution is 2.42. The van der Waals surface area contributed by atoms with E-state index in [0.717, 1.165) is 36.0 Å². The highest BCUT2D eigenvalue weighted by atomic mass is 16.2. The fourth-order valence-electron chi connectivity index (χ4n) is 4.18. The Bertz CT molecular complexity index is 884. The predicted octanol–water partition coefficient (Wildman–Crippen LogP) is 4.15. The van der Waals surface area contributed by atoms with E-state index >= 15 is 0 Å². The molecule has 2 amide bonds. The Labute approximate surface area is 159 Å². The second-order valence-corrected chi connectivity index (χ2v) is 7.44. The number of hydrogen-bond acceptors (Lipinski definition) is 2. The van der Waals surface area contributed by atoms with Crippen molar-refractivity contribution in [3.8, 4) is 0 Å². The van der Waals surface area contributed by atoms with Crippen molar-refractivity contribution >= 4 is 17.9 Å². The minimum Gasteiger partial charge on any atom is -0.347 e. The van der Waals surface area contributed by atoms with Crippen molar-refractivity contribution in [2.75, 3.05) is 0 Å². The highest BCUT2D eigenvalue weighted by molar-refractivity contribution is 5.82. The second-order valence-electron chi connectivity index (χ2n) is 7.44. The molecule has 2 aromatic rings. The van der Waals surface area contributed by atoms with Crippen LogP contribution in [0.4, 0.5) is 0 Å². The Morgan fingerprint density at radius 2 is 1.78 bits per heavy atom. The maximum Gasteiger partial charge on any atom is 0.223 e. The number of nitrogens with one attached hydrogen (secondary N) is 1. The number of nitrogens with zero attached hydrogens (tertiary/aromatic N) is 1. The molecule has 1 atom stereocenters. The molecule has 0 saturated heterocycles. The zero-order valence-electron chi connectivity index (χ0n) is 15.5. The molecule has 1 heterocycles. The quantitative estimate of drug-likeness (QED) is 0.891. The Morgan fingerprint density at radius 3 is 2.44 bits per heavy atom. The van der Waals surface area contributed by atoms with Crippen molar-refractivity contribution in [1.82, 2.24) is 10.2 Å². The van der Waals surface area contributed by atoms with Gasteiger partial charge in [0.15, 0.2) is 0 Å². The van der Waals surface area contributed by atoms with E-state index in [9.17, 15) is 9.59 Å². The fourth-order valence-corrected chi connectivity index (χ4v) is 4.18. The number of benzene rings is 2. The lowest BCUT2D eigenvalue weighted by molar-refractivity contribution is -0.130. The normalized spacial score (nSPS) is 19.7. The molecule has 0 bridgehead atoms. The van der Waals surface area contributed by atoms with Crippen molar-refractivity contribution in [2.45, 2.75) is 44.2 Å². The van der Waals surface area contributed by atoms with Gasteiger partial charge in [-0.15, -0.1) is 0 Å². The van der Waals surface area contributed by atoms with Crippen LogP contribution in [-0.4, -0.2) is 16.7 Å². The lowest BCUT2D eigenvalue weighted by Gasteiger charge is -2.43. The molecule has 1 aliphatic carbocycles. The first-order chi connectivity index (χ1) is 13.1. The lowest BCUT2D eigenvalue weighted by Crippen LogP contribution is -2.51. The van der Waals surface area contributed by atoms with Crippen molar-refractivity contribution < 1.29 is 9.59 Å². The summed E-state index contributed by atoms with van der Waals surface area (Å²) in [5.41, 5.74) is 2.99. The van der Waals surface area contributed by atoms with Crippen LogP contribution in [0.25, 0.3) is 6.08 Å². The Morgan fingerprint density at radius 1 is 1.07 bits per heavy atom. The molecule has 138 valence electrons. The summed E-state index contributed by atoms with van der Waals surface area (Å²) in [5.74, 6) is -0.0696. The van der Waals surface area contributed by atoms with Gasteiger partial charge < -0.3 is 10.2 Å². The van der Waals surface area contributed by atoms with E-state index in [-0.39, 0.29) is 29.8 Å². The number of fused-ring (bicyclic) bond motifs is 1. The molecule has 0 unspecified atom stereocenters. The monoisotopic (exact) mass is 360 g/mol. The molecule has 0 spiro atoms. The average Bonchev–Trinajstić information content (AvgIpc) is 2.65. The zero-order valence-corrected chi connectivity index (χ0v) is 15.5. The molecule has 4 nitrogen and oxygen atoms in total. The van der Waals surface area contributed by atoms with E-state index in [0.29, 0.717) is 0 Å². The largest absolute Gasteiger partial charge is 0.347 e. The van der Waals surface area contributed by atoms with Crippen molar-refractivity contribution in [3.63, 3.8) is 0 Å². The molecule has 0 aromatic heterocycles. The smallest absolute Gasteiger partial charge is 0.223 e. The van der Waals surface area contributed by atoms with Crippen molar-refractivity contribution in [1.29, 1.82) is 0 Å². The average molecular weight is 360 g/mol. The molecule has 4 rings (SSSR count). The predicted molar refractivity (Wildman–Crippen MR) is 105 cm³/mol. The zero-order chi connectivity index (χ0) is 18.9. The molecule has 1 fully saturated rings. The summed E-state index contributed by atoms with van der Waals surface area (Å²) in [7, 11) is 0. The number of rotatable bonds is 4. The second kappa shape index (κ2) is 7.03. The van der Waals surface area contributed by atoms with Gasteiger partial charge in [-0.2, -0.15) is 0 Å². The van der Waals surface area contributed by atoms with Gasteiger partial charge >= 0.3 is 0 Å². The molecule has 27 heavy (non-hydrogen) atoms. The van der Waals surface area contributed by atoms with E-state index < -0.39 is 0 Å². The minimum atomic E-state index is -0.267. The minimum absolute atomic E-state index is 0.0140. The van der Waals surface area contributed by atoms with Gasteiger partial charge in [-0.05, 0) is 42.0 Å². The Hall–Kier alpha value is -2.88. The first kappa shape index (κ1) is 17.5. The van der Waals surface area contributed by atoms with Crippen molar-refractivity contribution in [3.05, 3.63) is 77.5 Å². The van der Waals surface area contributed by atoms with E-state index in [1.807, 2.05) is 48.5 Å². The molecule has 1 saturated carbocycles. The standard InChI is InChI=1S/C23H24N2O2/c1-17(26)25-15-12-18-8-5-6-11-20(18)21(25)16-22(27)24-23(13-7-14-23)19-9-3-2-4-10-19/h2-6,8-12,15,21H,7,13-14,16H2,1H3,(H,24,27)/t21-/m0/s1. The van der Waals surface area contributed by atoms with E-state index in [4.69, 9.17) is 0 Å². The van der Waals surface area contributed by atoms with Gasteiger partial charge in [0, 0.05) is 13.1 Å². The van der Waals surface area contributed by atoms with Crippen LogP contribution in [0.2, 0.25) is 0 Å². The summed E-state index contributed by atoms with van der Waals surface area (Å²) in [4.78, 5) is 26.8. The topological polar surface area (TPSA) is 49.4 Å². The van der Waals surface area contributed by atoms with E-state index in [1.165, 1.54) is 0 Å². The van der Waals surface area contributed by atoms with Crippen LogP contribution < -0.4 is 5.32 Å². The van der Waals surface area contributed by atoms with Gasteiger partial charge in [0.1, 0.15) is 0 Å². The Kier molecular flexibility index (Phi) is 4.56. The number of carbonyl (C=O) groups is 2. The third-order valence-corrected chi connectivity index (χ3v) is 5.76. The molecule has 1 N–H and O–H groups in total. The first-order valence-electron chi connectivity index (χ1n) is 9.52. The van der Waals surface area contributed by atoms with E-state index in [2.05, 4.69) is 17.4 Å². The van der Waals surface area contributed by atoms with Gasteiger partial charge in [0.25, 0.3) is 0 Å². The summed E-state index contributed by atoms with van der Waals surface area (Å²) in [6.07, 6.45) is 7.02. The number of carbonyl (C=O) groups excluding carboxylic acids is 2. The van der Waals surface area contributed by atoms with Gasteiger partial charge in [0.2, 0.25) is 11.8 Å². The SMILES string of the molecule is CC(=O)N1C=Cc2ccccc2[C@@H]1CC(=O)NC1(c2ccccc2)CCC1. The summed E-state index contributed by atoms with van der Waals surface area (Å²) in [6, 6.07) is 17.9. The molecule has 2 aromatic carbocycles. The number of hydrogen-bond donors (Lipinski definition) is 1. The van der Waals surface area contributed by atoms with Gasteiger partial charge in [-0.25, -0.2) is 0 Å². The molecular weight excluding hydrogens is 336 g/mol. The number of amides is 2. The molecular formula is C23H24N2O2. The first-order valence-corrected chi connectivity index (χ1v) is 9.52. The summed E-state index contributed by atoms with van der Waals surface area (Å²) in [5, 5.41) is 3.28. The van der Waals surface area contributed by atoms with Crippen LogP contribution in [0.15, 0.2) is 60.8 Å². The Balaban J connectivity index is 1.56. The van der Waals surface area contributed by atoms with Crippen LogP contribution >= 0.6 is 0 Å². The van der Waals surface area contributed by atoms with Crippen LogP contribution in [0.3, 0.4) is 0 Å². The van der Waals surface area contributed by atoms with E-state index in [1.54, 1.807) is 18.0 Å². The molecule has 4 heteroatoms. The van der Waals surface area contributed by atoms with Gasteiger partial charge in [-0.1, -0.05) is 54.6 Å². The molecule has 0 radical (unpaired) electrons. The molecule has 2 aliphatic rings. The van der Waals surface area contributed by atoms with Gasteiger partial charge in [-0.3, -0.25) is 9.59 Å². The van der Waals surface area contributed by atoms with Crippen LogP contribution in [-0.2, 0) is 15.1 Å². The van der Waals surface area contributed by atoms with Crippen molar-refractivity contribution in [2.24, 2.45) is 0 Å². The maximum absolute atomic E-state index is 13.0.